The summed E-state index contributed by atoms with van der Waals surface area (Å²) >= 11 is 0. The quantitative estimate of drug-likeness (QED) is 0.497. The van der Waals surface area contributed by atoms with Gasteiger partial charge < -0.3 is 0 Å². The van der Waals surface area contributed by atoms with Crippen molar-refractivity contribution in [3.63, 3.8) is 0 Å². The second-order valence-corrected chi connectivity index (χ2v) is 6.16. The van der Waals surface area contributed by atoms with Gasteiger partial charge in [0, 0.05) is 11.1 Å². The molecule has 0 saturated carbocycles. The number of rotatable bonds is 2. The second kappa shape index (κ2) is 4.88. The van der Waals surface area contributed by atoms with Crippen LogP contribution in [0.15, 0.2) is 48.5 Å². The Labute approximate surface area is 134 Å². The fourth-order valence-corrected chi connectivity index (χ4v) is 3.59. The van der Waals surface area contributed by atoms with Crippen molar-refractivity contribution >= 4 is 22.3 Å². The maximum absolute atomic E-state index is 11.9. The van der Waals surface area contributed by atoms with Gasteiger partial charge in [0.2, 0.25) is 0 Å². The molecular weight excluding hydrogens is 284 g/mol. The lowest BCUT2D eigenvalue weighted by Crippen LogP contribution is -2.05. The van der Waals surface area contributed by atoms with Crippen molar-refractivity contribution in [3.8, 4) is 11.1 Å². The zero-order valence-electron chi connectivity index (χ0n) is 13.1. The normalized spacial score (nSPS) is 12.1. The van der Waals surface area contributed by atoms with Gasteiger partial charge in [-0.25, -0.2) is 0 Å². The molecule has 0 bridgehead atoms. The van der Waals surface area contributed by atoms with E-state index in [1.165, 1.54) is 16.5 Å². The maximum atomic E-state index is 11.9. The fraction of sp³-hybridized carbons (Fsp3) is 0.143. The standard InChI is InChI=1S/C21H16O2/c1-12(22)14-6-9-18-16(10-14)11-15-7-8-17(13(2)23)19-4-3-5-20(18)21(15)19/h3-10H,11H2,1-2H3. The molecule has 0 atom stereocenters. The van der Waals surface area contributed by atoms with Crippen LogP contribution in [0.5, 0.6) is 0 Å². The van der Waals surface area contributed by atoms with Gasteiger partial charge in [-0.15, -0.1) is 0 Å². The molecular formula is C21H16O2. The minimum Gasteiger partial charge on any atom is -0.295 e. The van der Waals surface area contributed by atoms with Gasteiger partial charge in [-0.1, -0.05) is 42.5 Å². The summed E-state index contributed by atoms with van der Waals surface area (Å²) in [6, 6.07) is 16.0. The van der Waals surface area contributed by atoms with Gasteiger partial charge in [0.25, 0.3) is 0 Å². The van der Waals surface area contributed by atoms with Crippen molar-refractivity contribution in [2.45, 2.75) is 20.3 Å². The monoisotopic (exact) mass is 300 g/mol. The second-order valence-electron chi connectivity index (χ2n) is 6.16. The van der Waals surface area contributed by atoms with Crippen molar-refractivity contribution in [3.05, 3.63) is 70.8 Å². The van der Waals surface area contributed by atoms with E-state index in [1.807, 2.05) is 42.5 Å². The maximum Gasteiger partial charge on any atom is 0.160 e. The molecule has 2 heteroatoms. The molecule has 0 spiro atoms. The molecule has 0 unspecified atom stereocenters. The number of carbonyl (C=O) groups is 2. The summed E-state index contributed by atoms with van der Waals surface area (Å²) in [5, 5.41) is 2.19. The lowest BCUT2D eigenvalue weighted by molar-refractivity contribution is 0.101. The molecule has 2 nitrogen and oxygen atoms in total. The van der Waals surface area contributed by atoms with Crippen LogP contribution < -0.4 is 0 Å². The van der Waals surface area contributed by atoms with Gasteiger partial charge in [-0.05, 0) is 59.4 Å². The van der Waals surface area contributed by atoms with E-state index in [1.54, 1.807) is 13.8 Å². The smallest absolute Gasteiger partial charge is 0.160 e. The van der Waals surface area contributed by atoms with Crippen molar-refractivity contribution < 1.29 is 9.59 Å². The highest BCUT2D eigenvalue weighted by atomic mass is 16.1. The number of hydrogen-bond donors (Lipinski definition) is 0. The van der Waals surface area contributed by atoms with Crippen LogP contribution in [0, 0.1) is 0 Å². The fourth-order valence-electron chi connectivity index (χ4n) is 3.59. The number of ketones is 2. The van der Waals surface area contributed by atoms with Gasteiger partial charge in [0.15, 0.2) is 11.6 Å². The Morgan fingerprint density at radius 2 is 1.65 bits per heavy atom. The zero-order valence-corrected chi connectivity index (χ0v) is 13.1. The molecule has 0 amide bonds. The number of hydrogen-bond acceptors (Lipinski definition) is 2. The summed E-state index contributed by atoms with van der Waals surface area (Å²) in [5.74, 6) is 0.176. The van der Waals surface area contributed by atoms with E-state index < -0.39 is 0 Å². The third-order valence-corrected chi connectivity index (χ3v) is 4.69. The summed E-state index contributed by atoms with van der Waals surface area (Å²) in [6.07, 6.45) is 0.794. The van der Waals surface area contributed by atoms with Crippen LogP contribution in [0.25, 0.3) is 21.9 Å². The highest BCUT2D eigenvalue weighted by Gasteiger charge is 2.20. The number of benzene rings is 3. The molecule has 3 aromatic rings. The van der Waals surface area contributed by atoms with Gasteiger partial charge in [-0.2, -0.15) is 0 Å². The third-order valence-electron chi connectivity index (χ3n) is 4.69. The summed E-state index contributed by atoms with van der Waals surface area (Å²) in [5.41, 5.74) is 6.22. The van der Waals surface area contributed by atoms with E-state index in [9.17, 15) is 9.59 Å². The van der Waals surface area contributed by atoms with Gasteiger partial charge in [-0.3, -0.25) is 9.59 Å². The predicted octanol–water partition coefficient (Wildman–Crippen LogP) is 4.82. The largest absolute Gasteiger partial charge is 0.295 e. The van der Waals surface area contributed by atoms with Crippen LogP contribution in [0.4, 0.5) is 0 Å². The Bertz CT molecular complexity index is 996. The number of Topliss-reactive ketones (excluding diaryl/α,β-unsaturated/α-hetero) is 2. The van der Waals surface area contributed by atoms with Crippen molar-refractivity contribution in [1.82, 2.24) is 0 Å². The number of fused-ring (bicyclic) bond motifs is 2. The molecule has 23 heavy (non-hydrogen) atoms. The van der Waals surface area contributed by atoms with Crippen LogP contribution in [0.2, 0.25) is 0 Å². The van der Waals surface area contributed by atoms with Crippen LogP contribution in [0.3, 0.4) is 0 Å². The summed E-state index contributed by atoms with van der Waals surface area (Å²) in [6.45, 7) is 3.21. The molecule has 0 fully saturated rings. The van der Waals surface area contributed by atoms with Gasteiger partial charge >= 0.3 is 0 Å². The van der Waals surface area contributed by atoms with E-state index >= 15 is 0 Å². The number of carbonyl (C=O) groups excluding carboxylic acids is 2. The SMILES string of the molecule is CC(=O)c1ccc2c(c1)Cc1ccc(C(C)=O)c3cccc-2c13. The Kier molecular flexibility index (Phi) is 2.95. The molecule has 3 aromatic carbocycles. The Balaban J connectivity index is 2.06. The first-order chi connectivity index (χ1) is 11.1. The van der Waals surface area contributed by atoms with Gasteiger partial charge in [0.05, 0.1) is 0 Å². The topological polar surface area (TPSA) is 34.1 Å². The molecule has 1 aliphatic carbocycles. The molecule has 0 N–H and O–H groups in total. The third kappa shape index (κ3) is 2.02. The minimum absolute atomic E-state index is 0.0868. The Morgan fingerprint density at radius 1 is 0.826 bits per heavy atom. The highest BCUT2D eigenvalue weighted by molar-refractivity contribution is 6.12. The van der Waals surface area contributed by atoms with E-state index in [4.69, 9.17) is 0 Å². The Morgan fingerprint density at radius 3 is 2.39 bits per heavy atom. The molecule has 0 aromatic heterocycles. The summed E-state index contributed by atoms with van der Waals surface area (Å²) < 4.78 is 0. The van der Waals surface area contributed by atoms with E-state index in [0.717, 1.165) is 34.1 Å². The van der Waals surface area contributed by atoms with Crippen molar-refractivity contribution in [2.75, 3.05) is 0 Å². The van der Waals surface area contributed by atoms with E-state index in [-0.39, 0.29) is 11.6 Å². The van der Waals surface area contributed by atoms with Crippen LogP contribution in [-0.2, 0) is 6.42 Å². The first kappa shape index (κ1) is 13.9. The minimum atomic E-state index is 0.0868. The first-order valence-electron chi connectivity index (χ1n) is 7.76. The molecule has 0 heterocycles. The van der Waals surface area contributed by atoms with Crippen LogP contribution in [0.1, 0.15) is 45.7 Å². The van der Waals surface area contributed by atoms with E-state index in [2.05, 4.69) is 6.07 Å². The Hall–Kier alpha value is -2.74. The highest BCUT2D eigenvalue weighted by Crippen LogP contribution is 2.40. The zero-order chi connectivity index (χ0) is 16.1. The average Bonchev–Trinajstić information content (AvgIpc) is 2.54. The van der Waals surface area contributed by atoms with Crippen LogP contribution >= 0.6 is 0 Å². The van der Waals surface area contributed by atoms with E-state index in [0.29, 0.717) is 0 Å². The van der Waals surface area contributed by atoms with Gasteiger partial charge in [0.1, 0.15) is 0 Å². The molecule has 4 rings (SSSR count). The van der Waals surface area contributed by atoms with Crippen LogP contribution in [-0.4, -0.2) is 11.6 Å². The molecule has 0 saturated heterocycles. The lowest BCUT2D eigenvalue weighted by Gasteiger charge is -2.22. The van der Waals surface area contributed by atoms with Crippen molar-refractivity contribution in [1.29, 1.82) is 0 Å². The molecule has 0 aliphatic heterocycles. The van der Waals surface area contributed by atoms with Crippen molar-refractivity contribution in [2.24, 2.45) is 0 Å². The molecule has 0 radical (unpaired) electrons. The molecule has 1 aliphatic rings. The lowest BCUT2D eigenvalue weighted by atomic mass is 9.81. The molecule has 112 valence electrons. The summed E-state index contributed by atoms with van der Waals surface area (Å²) in [4.78, 5) is 23.6. The first-order valence-corrected chi connectivity index (χ1v) is 7.76. The summed E-state index contributed by atoms with van der Waals surface area (Å²) in [7, 11) is 0. The predicted molar refractivity (Wildman–Crippen MR) is 92.2 cm³/mol. The average molecular weight is 300 g/mol.